The van der Waals surface area contributed by atoms with Gasteiger partial charge in [0.05, 0.1) is 5.60 Å². The summed E-state index contributed by atoms with van der Waals surface area (Å²) in [5.74, 6) is 0.551. The summed E-state index contributed by atoms with van der Waals surface area (Å²) in [6, 6.07) is 3.89. The topological polar surface area (TPSA) is 74.2 Å². The van der Waals surface area contributed by atoms with Crippen molar-refractivity contribution in [3.63, 3.8) is 0 Å². The first kappa shape index (κ1) is 13.3. The molecule has 18 heavy (non-hydrogen) atoms. The molecule has 1 aliphatic rings. The van der Waals surface area contributed by atoms with E-state index >= 15 is 0 Å². The Balaban J connectivity index is 2.07. The van der Waals surface area contributed by atoms with Gasteiger partial charge in [-0.2, -0.15) is 0 Å². The molecule has 0 amide bonds. The summed E-state index contributed by atoms with van der Waals surface area (Å²) in [5, 5.41) is 0. The minimum Gasteiger partial charge on any atom is -0.384 e. The van der Waals surface area contributed by atoms with Gasteiger partial charge in [0, 0.05) is 19.3 Å². The Labute approximate surface area is 109 Å². The van der Waals surface area contributed by atoms with E-state index in [1.807, 2.05) is 12.1 Å². The number of aromatic nitrogens is 1. The summed E-state index contributed by atoms with van der Waals surface area (Å²) in [6.45, 7) is 0. The van der Waals surface area contributed by atoms with Crippen LogP contribution in [0.3, 0.4) is 0 Å². The highest BCUT2D eigenvalue weighted by Gasteiger charge is 2.37. The standard InChI is InChI=1S/C14H23N3O/c1-18-14(6-3-2-4-7-14)12(15)9-11-5-8-17-13(16)10-11/h5,8,10,12H,2-4,6-7,9,15H2,1H3,(H2,16,17). The van der Waals surface area contributed by atoms with Crippen LogP contribution in [0.5, 0.6) is 0 Å². The maximum atomic E-state index is 6.39. The van der Waals surface area contributed by atoms with Crippen molar-refractivity contribution >= 4 is 5.82 Å². The summed E-state index contributed by atoms with van der Waals surface area (Å²) >= 11 is 0. The summed E-state index contributed by atoms with van der Waals surface area (Å²) in [4.78, 5) is 4.00. The quantitative estimate of drug-likeness (QED) is 0.854. The van der Waals surface area contributed by atoms with Crippen LogP contribution >= 0.6 is 0 Å². The Kier molecular flexibility index (Phi) is 4.19. The summed E-state index contributed by atoms with van der Waals surface area (Å²) in [6.07, 6.45) is 8.36. The van der Waals surface area contributed by atoms with E-state index in [9.17, 15) is 0 Å². The third kappa shape index (κ3) is 2.82. The Morgan fingerprint density at radius 2 is 2.11 bits per heavy atom. The molecule has 1 atom stereocenters. The SMILES string of the molecule is COC1(C(N)Cc2ccnc(N)c2)CCCCC1. The van der Waals surface area contributed by atoms with Crippen molar-refractivity contribution in [2.75, 3.05) is 12.8 Å². The molecule has 1 aliphatic carbocycles. The van der Waals surface area contributed by atoms with Crippen molar-refractivity contribution in [2.24, 2.45) is 5.73 Å². The Bertz CT molecular complexity index is 388. The van der Waals surface area contributed by atoms with Gasteiger partial charge in [0.25, 0.3) is 0 Å². The van der Waals surface area contributed by atoms with Crippen molar-refractivity contribution in [1.29, 1.82) is 0 Å². The van der Waals surface area contributed by atoms with Gasteiger partial charge in [-0.15, -0.1) is 0 Å². The molecule has 1 fully saturated rings. The Morgan fingerprint density at radius 3 is 2.72 bits per heavy atom. The van der Waals surface area contributed by atoms with E-state index in [4.69, 9.17) is 16.2 Å². The van der Waals surface area contributed by atoms with Crippen LogP contribution in [0, 0.1) is 0 Å². The number of nitrogens with two attached hydrogens (primary N) is 2. The molecule has 1 aromatic heterocycles. The average molecular weight is 249 g/mol. The molecule has 4 nitrogen and oxygen atoms in total. The first-order chi connectivity index (χ1) is 8.66. The summed E-state index contributed by atoms with van der Waals surface area (Å²) in [5.41, 5.74) is 13.1. The number of nitrogen functional groups attached to an aromatic ring is 1. The Morgan fingerprint density at radius 1 is 1.39 bits per heavy atom. The van der Waals surface area contributed by atoms with Crippen LogP contribution in [-0.2, 0) is 11.2 Å². The number of nitrogens with zero attached hydrogens (tertiary/aromatic N) is 1. The van der Waals surface area contributed by atoms with Crippen LogP contribution in [0.1, 0.15) is 37.7 Å². The predicted octanol–water partition coefficient (Wildman–Crippen LogP) is 1.88. The highest BCUT2D eigenvalue weighted by Crippen LogP contribution is 2.34. The summed E-state index contributed by atoms with van der Waals surface area (Å²) < 4.78 is 5.77. The molecule has 0 radical (unpaired) electrons. The lowest BCUT2D eigenvalue weighted by Gasteiger charge is -2.41. The number of hydrogen-bond donors (Lipinski definition) is 2. The average Bonchev–Trinajstić information content (AvgIpc) is 2.39. The second-order valence-corrected chi connectivity index (χ2v) is 5.23. The van der Waals surface area contributed by atoms with E-state index in [-0.39, 0.29) is 11.6 Å². The van der Waals surface area contributed by atoms with Crippen LogP contribution in [-0.4, -0.2) is 23.7 Å². The van der Waals surface area contributed by atoms with Crippen LogP contribution in [0.4, 0.5) is 5.82 Å². The molecule has 1 heterocycles. The molecule has 4 heteroatoms. The highest BCUT2D eigenvalue weighted by molar-refractivity contribution is 5.32. The zero-order valence-electron chi connectivity index (χ0n) is 11.1. The van der Waals surface area contributed by atoms with Gasteiger partial charge < -0.3 is 16.2 Å². The lowest BCUT2D eigenvalue weighted by molar-refractivity contribution is -0.0582. The minimum absolute atomic E-state index is 0.0181. The number of pyridine rings is 1. The smallest absolute Gasteiger partial charge is 0.123 e. The van der Waals surface area contributed by atoms with Gasteiger partial charge in [0.1, 0.15) is 5.82 Å². The van der Waals surface area contributed by atoms with Crippen molar-refractivity contribution in [3.05, 3.63) is 23.9 Å². The second kappa shape index (κ2) is 5.67. The molecule has 0 aliphatic heterocycles. The van der Waals surface area contributed by atoms with Gasteiger partial charge in [-0.1, -0.05) is 19.3 Å². The van der Waals surface area contributed by atoms with E-state index in [1.54, 1.807) is 13.3 Å². The van der Waals surface area contributed by atoms with Crippen LogP contribution in [0.15, 0.2) is 18.3 Å². The first-order valence-electron chi connectivity index (χ1n) is 6.67. The maximum absolute atomic E-state index is 6.39. The van der Waals surface area contributed by atoms with E-state index in [0.29, 0.717) is 5.82 Å². The highest BCUT2D eigenvalue weighted by atomic mass is 16.5. The predicted molar refractivity (Wildman–Crippen MR) is 73.2 cm³/mol. The van der Waals surface area contributed by atoms with Gasteiger partial charge in [0.2, 0.25) is 0 Å². The van der Waals surface area contributed by atoms with E-state index in [1.165, 1.54) is 19.3 Å². The van der Waals surface area contributed by atoms with Crippen molar-refractivity contribution in [2.45, 2.75) is 50.2 Å². The number of rotatable bonds is 4. The summed E-state index contributed by atoms with van der Waals surface area (Å²) in [7, 11) is 1.78. The van der Waals surface area contributed by atoms with Gasteiger partial charge in [-0.05, 0) is 37.0 Å². The fourth-order valence-corrected chi connectivity index (χ4v) is 2.94. The van der Waals surface area contributed by atoms with Crippen LogP contribution in [0.2, 0.25) is 0 Å². The largest absolute Gasteiger partial charge is 0.384 e. The molecular weight excluding hydrogens is 226 g/mol. The second-order valence-electron chi connectivity index (χ2n) is 5.23. The van der Waals surface area contributed by atoms with Crippen molar-refractivity contribution < 1.29 is 4.74 Å². The normalized spacial score (nSPS) is 20.6. The zero-order chi connectivity index (χ0) is 13.0. The molecule has 4 N–H and O–H groups in total. The fourth-order valence-electron chi connectivity index (χ4n) is 2.94. The molecule has 1 aromatic rings. The van der Waals surface area contributed by atoms with Gasteiger partial charge in [-0.3, -0.25) is 0 Å². The number of anilines is 1. The van der Waals surface area contributed by atoms with Crippen molar-refractivity contribution in [1.82, 2.24) is 4.98 Å². The lowest BCUT2D eigenvalue weighted by Crippen LogP contribution is -2.51. The molecule has 2 rings (SSSR count). The molecule has 1 saturated carbocycles. The van der Waals surface area contributed by atoms with E-state index in [2.05, 4.69) is 4.98 Å². The maximum Gasteiger partial charge on any atom is 0.123 e. The molecule has 0 saturated heterocycles. The number of hydrogen-bond acceptors (Lipinski definition) is 4. The fraction of sp³-hybridized carbons (Fsp3) is 0.643. The monoisotopic (exact) mass is 249 g/mol. The number of ether oxygens (including phenoxy) is 1. The molecule has 1 unspecified atom stereocenters. The minimum atomic E-state index is -0.156. The van der Waals surface area contributed by atoms with Gasteiger partial charge >= 0.3 is 0 Å². The molecule has 100 valence electrons. The third-order valence-electron chi connectivity index (χ3n) is 4.08. The molecular formula is C14H23N3O. The molecule has 0 aromatic carbocycles. The number of methoxy groups -OCH3 is 1. The lowest BCUT2D eigenvalue weighted by atomic mass is 9.77. The van der Waals surface area contributed by atoms with E-state index < -0.39 is 0 Å². The van der Waals surface area contributed by atoms with Crippen LogP contribution in [0.25, 0.3) is 0 Å². The first-order valence-corrected chi connectivity index (χ1v) is 6.67. The zero-order valence-corrected chi connectivity index (χ0v) is 11.1. The van der Waals surface area contributed by atoms with Crippen molar-refractivity contribution in [3.8, 4) is 0 Å². The Hall–Kier alpha value is -1.13. The third-order valence-corrected chi connectivity index (χ3v) is 4.08. The molecule has 0 bridgehead atoms. The van der Waals surface area contributed by atoms with E-state index in [0.717, 1.165) is 24.8 Å². The van der Waals surface area contributed by atoms with Gasteiger partial charge in [-0.25, -0.2) is 4.98 Å². The molecule has 0 spiro atoms. The van der Waals surface area contributed by atoms with Crippen LogP contribution < -0.4 is 11.5 Å². The van der Waals surface area contributed by atoms with Gasteiger partial charge in [0.15, 0.2) is 0 Å².